The molecule has 35 heavy (non-hydrogen) atoms. The second-order valence-corrected chi connectivity index (χ2v) is 10.1. The van der Waals surface area contributed by atoms with E-state index in [1.807, 2.05) is 6.07 Å². The first kappa shape index (κ1) is 26.5. The van der Waals surface area contributed by atoms with E-state index < -0.39 is 29.6 Å². The highest BCUT2D eigenvalue weighted by molar-refractivity contribution is 5.79. The zero-order valence-corrected chi connectivity index (χ0v) is 20.7. The van der Waals surface area contributed by atoms with Gasteiger partial charge < -0.3 is 20.7 Å². The Morgan fingerprint density at radius 2 is 1.83 bits per heavy atom. The summed E-state index contributed by atoms with van der Waals surface area (Å²) in [5.41, 5.74) is 3.60. The Bertz CT molecular complexity index is 1110. The van der Waals surface area contributed by atoms with Crippen LogP contribution in [0.5, 0.6) is 0 Å². The molecular weight excluding hydrogens is 450 g/mol. The molecule has 4 N–H and O–H groups in total. The summed E-state index contributed by atoms with van der Waals surface area (Å²) in [7, 11) is 1.47. The average molecular weight is 485 g/mol. The van der Waals surface area contributed by atoms with Crippen molar-refractivity contribution in [1.82, 2.24) is 20.6 Å². The van der Waals surface area contributed by atoms with Crippen LogP contribution in [-0.4, -0.2) is 40.7 Å². The molecule has 6 nitrogen and oxygen atoms in total. The fraction of sp³-hybridized carbons (Fsp3) is 0.407. The summed E-state index contributed by atoms with van der Waals surface area (Å²) in [6.07, 6.45) is 3.32. The van der Waals surface area contributed by atoms with Crippen molar-refractivity contribution in [2.45, 2.75) is 46.3 Å². The number of aliphatic hydroxyl groups excluding tert-OH is 1. The molecule has 188 valence electrons. The molecule has 1 amide bonds. The van der Waals surface area contributed by atoms with Crippen LogP contribution in [0.4, 0.5) is 8.78 Å². The molecule has 2 unspecified atom stereocenters. The van der Waals surface area contributed by atoms with Crippen molar-refractivity contribution in [3.05, 3.63) is 77.1 Å². The van der Waals surface area contributed by atoms with Crippen molar-refractivity contribution >= 4 is 5.91 Å². The first-order chi connectivity index (χ1) is 16.6. The molecule has 3 aromatic rings. The largest absolute Gasteiger partial charge is 0.391 e. The van der Waals surface area contributed by atoms with E-state index in [-0.39, 0.29) is 18.4 Å². The number of H-pyrrole nitrogens is 1. The summed E-state index contributed by atoms with van der Waals surface area (Å²) < 4.78 is 27.2. The molecular formula is C27H34F2N4O2. The Balaban J connectivity index is 1.73. The number of halogens is 2. The zero-order chi connectivity index (χ0) is 25.6. The fourth-order valence-corrected chi connectivity index (χ4v) is 4.23. The molecule has 0 aliphatic heterocycles. The van der Waals surface area contributed by atoms with Crippen molar-refractivity contribution in [1.29, 1.82) is 0 Å². The number of nitrogens with zero attached hydrogens (tertiary/aromatic N) is 1. The van der Waals surface area contributed by atoms with Gasteiger partial charge in [-0.2, -0.15) is 0 Å². The van der Waals surface area contributed by atoms with Crippen LogP contribution in [0.25, 0.3) is 11.4 Å². The van der Waals surface area contributed by atoms with Gasteiger partial charge in [0.25, 0.3) is 0 Å². The van der Waals surface area contributed by atoms with E-state index in [1.165, 1.54) is 24.7 Å². The first-order valence-electron chi connectivity index (χ1n) is 11.7. The third kappa shape index (κ3) is 7.70. The minimum Gasteiger partial charge on any atom is -0.391 e. The van der Waals surface area contributed by atoms with Gasteiger partial charge in [-0.1, -0.05) is 39.0 Å². The lowest BCUT2D eigenvalue weighted by Crippen LogP contribution is -2.42. The minimum atomic E-state index is -1.06. The van der Waals surface area contributed by atoms with Crippen molar-refractivity contribution in [3.63, 3.8) is 0 Å². The van der Waals surface area contributed by atoms with Gasteiger partial charge in [-0.25, -0.2) is 13.8 Å². The number of carbonyl (C=O) groups excluding carboxylic acids is 1. The predicted octanol–water partition coefficient (Wildman–Crippen LogP) is 4.00. The quantitative estimate of drug-likeness (QED) is 0.350. The van der Waals surface area contributed by atoms with Gasteiger partial charge in [-0.05, 0) is 47.1 Å². The number of amides is 1. The van der Waals surface area contributed by atoms with E-state index >= 15 is 0 Å². The van der Waals surface area contributed by atoms with Crippen molar-refractivity contribution in [3.8, 4) is 11.4 Å². The summed E-state index contributed by atoms with van der Waals surface area (Å²) in [4.78, 5) is 20.0. The van der Waals surface area contributed by atoms with E-state index in [2.05, 4.69) is 53.5 Å². The Hall–Kier alpha value is -3.10. The third-order valence-corrected chi connectivity index (χ3v) is 5.75. The molecule has 2 atom stereocenters. The van der Waals surface area contributed by atoms with Gasteiger partial charge in [0.05, 0.1) is 12.0 Å². The molecule has 8 heteroatoms. The number of hydrogen-bond acceptors (Lipinski definition) is 4. The van der Waals surface area contributed by atoms with Gasteiger partial charge in [0, 0.05) is 44.2 Å². The minimum absolute atomic E-state index is 0.00983. The van der Waals surface area contributed by atoms with Gasteiger partial charge >= 0.3 is 0 Å². The molecule has 0 aliphatic rings. The Morgan fingerprint density at radius 3 is 2.43 bits per heavy atom. The van der Waals surface area contributed by atoms with Crippen LogP contribution in [0.2, 0.25) is 0 Å². The number of aromatic amines is 1. The Kier molecular flexibility index (Phi) is 8.75. The zero-order valence-electron chi connectivity index (χ0n) is 20.7. The molecule has 0 radical (unpaired) electrons. The van der Waals surface area contributed by atoms with Crippen LogP contribution in [0.1, 0.15) is 37.5 Å². The lowest BCUT2D eigenvalue weighted by atomic mass is 9.87. The molecule has 0 saturated heterocycles. The normalized spacial score (nSPS) is 13.5. The summed E-state index contributed by atoms with van der Waals surface area (Å²) in [5.74, 6) is -1.95. The summed E-state index contributed by atoms with van der Waals surface area (Å²) in [5, 5.41) is 16.6. The van der Waals surface area contributed by atoms with Crippen molar-refractivity contribution in [2.24, 2.45) is 11.3 Å². The van der Waals surface area contributed by atoms with E-state index in [0.29, 0.717) is 12.1 Å². The highest BCUT2D eigenvalue weighted by Crippen LogP contribution is 2.26. The maximum absolute atomic E-state index is 13.6. The Labute approximate surface area is 205 Å². The number of benzene rings is 2. The summed E-state index contributed by atoms with van der Waals surface area (Å²) in [6, 6.07) is 9.40. The van der Waals surface area contributed by atoms with Crippen LogP contribution in [-0.2, 0) is 24.2 Å². The second kappa shape index (κ2) is 11.6. The van der Waals surface area contributed by atoms with Crippen LogP contribution in [0.3, 0.4) is 0 Å². The average Bonchev–Trinajstić information content (AvgIpc) is 3.30. The molecule has 0 fully saturated rings. The molecule has 2 aromatic carbocycles. The van der Waals surface area contributed by atoms with Crippen molar-refractivity contribution < 1.29 is 18.7 Å². The monoisotopic (exact) mass is 484 g/mol. The van der Waals surface area contributed by atoms with Crippen LogP contribution in [0.15, 0.2) is 48.8 Å². The summed E-state index contributed by atoms with van der Waals surface area (Å²) in [6.45, 7) is 7.12. The predicted molar refractivity (Wildman–Crippen MR) is 133 cm³/mol. The number of aromatic nitrogens is 2. The van der Waals surface area contributed by atoms with Gasteiger partial charge in [0.15, 0.2) is 0 Å². The van der Waals surface area contributed by atoms with E-state index in [1.54, 1.807) is 12.4 Å². The number of carbonyl (C=O) groups is 1. The highest BCUT2D eigenvalue weighted by Gasteiger charge is 2.27. The molecule has 0 bridgehead atoms. The molecule has 0 saturated carbocycles. The van der Waals surface area contributed by atoms with Gasteiger partial charge in [-0.15, -0.1) is 0 Å². The molecule has 1 heterocycles. The topological polar surface area (TPSA) is 90.0 Å². The van der Waals surface area contributed by atoms with E-state index in [9.17, 15) is 18.7 Å². The van der Waals surface area contributed by atoms with E-state index in [0.717, 1.165) is 29.4 Å². The van der Waals surface area contributed by atoms with Crippen LogP contribution < -0.4 is 10.6 Å². The lowest BCUT2D eigenvalue weighted by Gasteiger charge is -2.23. The summed E-state index contributed by atoms with van der Waals surface area (Å²) >= 11 is 0. The number of hydrogen-bond donors (Lipinski definition) is 4. The number of imidazole rings is 1. The molecule has 1 aromatic heterocycles. The van der Waals surface area contributed by atoms with Crippen molar-refractivity contribution in [2.75, 3.05) is 13.6 Å². The first-order valence-corrected chi connectivity index (χ1v) is 11.7. The SMILES string of the molecule is CNC(=O)C(Cc1cc(F)cc(F)c1)C(O)CNCc1cc(CC(C)(C)C)ccc1-c1ncc[nH]1. The Morgan fingerprint density at radius 1 is 1.11 bits per heavy atom. The van der Waals surface area contributed by atoms with E-state index in [4.69, 9.17) is 0 Å². The number of rotatable bonds is 10. The highest BCUT2D eigenvalue weighted by atomic mass is 19.1. The van der Waals surface area contributed by atoms with Crippen LogP contribution >= 0.6 is 0 Å². The maximum Gasteiger partial charge on any atom is 0.225 e. The third-order valence-electron chi connectivity index (χ3n) is 5.75. The number of aliphatic hydroxyl groups is 1. The lowest BCUT2D eigenvalue weighted by molar-refractivity contribution is -0.127. The smallest absolute Gasteiger partial charge is 0.225 e. The molecule has 0 spiro atoms. The van der Waals surface area contributed by atoms with Gasteiger partial charge in [0.2, 0.25) is 5.91 Å². The second-order valence-electron chi connectivity index (χ2n) is 10.1. The fourth-order valence-electron chi connectivity index (χ4n) is 4.23. The van der Waals surface area contributed by atoms with Gasteiger partial charge in [0.1, 0.15) is 17.5 Å². The molecule has 0 aliphatic carbocycles. The van der Waals surface area contributed by atoms with Crippen LogP contribution in [0, 0.1) is 23.0 Å². The van der Waals surface area contributed by atoms with Gasteiger partial charge in [-0.3, -0.25) is 4.79 Å². The number of nitrogens with one attached hydrogen (secondary N) is 3. The maximum atomic E-state index is 13.6. The molecule has 3 rings (SSSR count). The standard InChI is InChI=1S/C27H34F2N4O2/c1-27(2,3)14-17-5-6-22(25-32-7-8-33-25)19(9-17)15-31-16-24(34)23(26(35)30-4)12-18-10-20(28)13-21(29)11-18/h5-11,13,23-24,31,34H,12,14-16H2,1-4H3,(H,30,35)(H,32,33).